The molecule has 5 heteroatoms. The van der Waals surface area contributed by atoms with E-state index in [-0.39, 0.29) is 0 Å². The standard InChI is InChI=1S/C15H24N4S/c16-19-15-12-8-2-1-3-9-13(12)17-14(18-15)10-20-11-6-4-5-7-11/h11H,1-10,16H2,(H,17,18,19). The van der Waals surface area contributed by atoms with Gasteiger partial charge in [-0.1, -0.05) is 19.3 Å². The fourth-order valence-electron chi connectivity index (χ4n) is 3.25. The number of nitrogens with zero attached hydrogens (tertiary/aromatic N) is 2. The van der Waals surface area contributed by atoms with Crippen LogP contribution in [0.4, 0.5) is 5.82 Å². The highest BCUT2D eigenvalue weighted by Crippen LogP contribution is 2.32. The molecule has 2 aliphatic carbocycles. The molecule has 3 N–H and O–H groups in total. The fourth-order valence-corrected chi connectivity index (χ4v) is 4.43. The van der Waals surface area contributed by atoms with Crippen molar-refractivity contribution in [3.63, 3.8) is 0 Å². The van der Waals surface area contributed by atoms with E-state index < -0.39 is 0 Å². The summed E-state index contributed by atoms with van der Waals surface area (Å²) < 4.78 is 0. The highest BCUT2D eigenvalue weighted by molar-refractivity contribution is 7.99. The number of fused-ring (bicyclic) bond motifs is 1. The highest BCUT2D eigenvalue weighted by atomic mass is 32.2. The van der Waals surface area contributed by atoms with Gasteiger partial charge in [0.05, 0.1) is 5.75 Å². The van der Waals surface area contributed by atoms with Crippen LogP contribution in [0.15, 0.2) is 0 Å². The molecule has 3 rings (SSSR count). The van der Waals surface area contributed by atoms with Gasteiger partial charge < -0.3 is 5.43 Å². The van der Waals surface area contributed by atoms with E-state index in [1.807, 2.05) is 11.8 Å². The Hall–Kier alpha value is -0.810. The van der Waals surface area contributed by atoms with E-state index >= 15 is 0 Å². The minimum atomic E-state index is 0.812. The van der Waals surface area contributed by atoms with Crippen LogP contribution in [-0.2, 0) is 18.6 Å². The average molecular weight is 292 g/mol. The van der Waals surface area contributed by atoms with Crippen molar-refractivity contribution >= 4 is 17.6 Å². The van der Waals surface area contributed by atoms with E-state index in [0.717, 1.165) is 35.5 Å². The number of hydrazine groups is 1. The smallest absolute Gasteiger partial charge is 0.147 e. The maximum atomic E-state index is 5.67. The van der Waals surface area contributed by atoms with Crippen LogP contribution >= 0.6 is 11.8 Å². The lowest BCUT2D eigenvalue weighted by Gasteiger charge is -2.13. The van der Waals surface area contributed by atoms with Gasteiger partial charge in [0.1, 0.15) is 11.6 Å². The predicted molar refractivity (Wildman–Crippen MR) is 84.7 cm³/mol. The van der Waals surface area contributed by atoms with E-state index in [4.69, 9.17) is 10.8 Å². The van der Waals surface area contributed by atoms with Crippen molar-refractivity contribution in [1.29, 1.82) is 0 Å². The SMILES string of the molecule is NNc1nc(CSC2CCCC2)nc2c1CCCCC2. The Morgan fingerprint density at radius 3 is 2.65 bits per heavy atom. The van der Waals surface area contributed by atoms with Crippen molar-refractivity contribution in [1.82, 2.24) is 9.97 Å². The largest absolute Gasteiger partial charge is 0.308 e. The second-order valence-electron chi connectivity index (χ2n) is 5.84. The minimum Gasteiger partial charge on any atom is -0.308 e. The van der Waals surface area contributed by atoms with Crippen LogP contribution in [0.25, 0.3) is 0 Å². The van der Waals surface area contributed by atoms with Gasteiger partial charge in [-0.2, -0.15) is 11.8 Å². The summed E-state index contributed by atoms with van der Waals surface area (Å²) in [5, 5.41) is 0.812. The Morgan fingerprint density at radius 2 is 1.85 bits per heavy atom. The Labute approximate surface area is 125 Å². The van der Waals surface area contributed by atoms with Gasteiger partial charge in [0, 0.05) is 16.5 Å². The second kappa shape index (κ2) is 6.76. The third kappa shape index (κ3) is 3.26. The normalized spacial score (nSPS) is 19.6. The van der Waals surface area contributed by atoms with Gasteiger partial charge in [-0.25, -0.2) is 15.8 Å². The van der Waals surface area contributed by atoms with Crippen molar-refractivity contribution in [2.75, 3.05) is 5.43 Å². The fraction of sp³-hybridized carbons (Fsp3) is 0.733. The zero-order valence-corrected chi connectivity index (χ0v) is 12.8. The Balaban J connectivity index is 1.75. The molecule has 0 saturated heterocycles. The Bertz CT molecular complexity index is 457. The molecule has 0 aromatic carbocycles. The summed E-state index contributed by atoms with van der Waals surface area (Å²) in [4.78, 5) is 9.45. The topological polar surface area (TPSA) is 63.8 Å². The van der Waals surface area contributed by atoms with Gasteiger partial charge in [-0.05, 0) is 38.5 Å². The molecule has 1 heterocycles. The summed E-state index contributed by atoms with van der Waals surface area (Å²) in [7, 11) is 0. The van der Waals surface area contributed by atoms with E-state index in [9.17, 15) is 0 Å². The molecule has 2 aliphatic rings. The van der Waals surface area contributed by atoms with Gasteiger partial charge in [0.25, 0.3) is 0 Å². The zero-order valence-electron chi connectivity index (χ0n) is 12.0. The molecule has 1 aromatic rings. The monoisotopic (exact) mass is 292 g/mol. The van der Waals surface area contributed by atoms with E-state index in [2.05, 4.69) is 10.4 Å². The Morgan fingerprint density at radius 1 is 1.05 bits per heavy atom. The van der Waals surface area contributed by atoms with E-state index in [1.165, 1.54) is 56.2 Å². The number of aromatic nitrogens is 2. The molecular formula is C15H24N4S. The third-order valence-electron chi connectivity index (χ3n) is 4.37. The van der Waals surface area contributed by atoms with Crippen molar-refractivity contribution in [3.8, 4) is 0 Å². The molecule has 20 heavy (non-hydrogen) atoms. The summed E-state index contributed by atoms with van der Waals surface area (Å²) in [6.45, 7) is 0. The molecule has 0 aliphatic heterocycles. The molecule has 0 unspecified atom stereocenters. The molecule has 1 aromatic heterocycles. The summed E-state index contributed by atoms with van der Waals surface area (Å²) >= 11 is 2.02. The molecule has 0 spiro atoms. The number of anilines is 1. The van der Waals surface area contributed by atoms with E-state index in [0.29, 0.717) is 0 Å². The van der Waals surface area contributed by atoms with Gasteiger partial charge in [0.15, 0.2) is 0 Å². The average Bonchev–Trinajstić information content (AvgIpc) is 2.88. The van der Waals surface area contributed by atoms with Crippen molar-refractivity contribution < 1.29 is 0 Å². The molecule has 0 amide bonds. The number of nitrogen functional groups attached to an aromatic ring is 1. The van der Waals surface area contributed by atoms with Crippen molar-refractivity contribution in [2.45, 2.75) is 68.8 Å². The summed E-state index contributed by atoms with van der Waals surface area (Å²) in [6.07, 6.45) is 11.4. The van der Waals surface area contributed by atoms with Crippen LogP contribution in [0.5, 0.6) is 0 Å². The number of thioether (sulfide) groups is 1. The van der Waals surface area contributed by atoms with Crippen molar-refractivity contribution in [3.05, 3.63) is 17.1 Å². The first-order chi connectivity index (χ1) is 9.86. The zero-order chi connectivity index (χ0) is 13.8. The first-order valence-corrected chi connectivity index (χ1v) is 8.88. The molecule has 0 radical (unpaired) electrons. The lowest BCUT2D eigenvalue weighted by Crippen LogP contribution is -2.15. The first-order valence-electron chi connectivity index (χ1n) is 7.83. The lowest BCUT2D eigenvalue weighted by molar-refractivity contribution is 0.708. The molecule has 4 nitrogen and oxygen atoms in total. The van der Waals surface area contributed by atoms with Crippen LogP contribution in [0.2, 0.25) is 0 Å². The number of nitrogens with one attached hydrogen (secondary N) is 1. The van der Waals surface area contributed by atoms with Crippen LogP contribution in [-0.4, -0.2) is 15.2 Å². The third-order valence-corrected chi connectivity index (χ3v) is 5.73. The molecular weight excluding hydrogens is 268 g/mol. The summed E-state index contributed by atoms with van der Waals surface area (Å²) in [5.74, 6) is 8.40. The molecule has 0 atom stereocenters. The van der Waals surface area contributed by atoms with Crippen LogP contribution in [0.3, 0.4) is 0 Å². The quantitative estimate of drug-likeness (QED) is 0.507. The van der Waals surface area contributed by atoms with Crippen LogP contribution in [0.1, 0.15) is 62.0 Å². The number of rotatable bonds is 4. The molecule has 110 valence electrons. The number of aryl methyl sites for hydroxylation is 1. The predicted octanol–water partition coefficient (Wildman–Crippen LogP) is 3.21. The van der Waals surface area contributed by atoms with Crippen LogP contribution in [0, 0.1) is 0 Å². The van der Waals surface area contributed by atoms with Gasteiger partial charge >= 0.3 is 0 Å². The van der Waals surface area contributed by atoms with Crippen molar-refractivity contribution in [2.24, 2.45) is 5.84 Å². The minimum absolute atomic E-state index is 0.812. The highest BCUT2D eigenvalue weighted by Gasteiger charge is 2.19. The maximum Gasteiger partial charge on any atom is 0.147 e. The second-order valence-corrected chi connectivity index (χ2v) is 7.12. The first kappa shape index (κ1) is 14.1. The lowest BCUT2D eigenvalue weighted by atomic mass is 10.1. The maximum absolute atomic E-state index is 5.67. The molecule has 0 bridgehead atoms. The summed E-state index contributed by atoms with van der Waals surface area (Å²) in [6, 6.07) is 0. The number of nitrogens with two attached hydrogens (primary N) is 1. The van der Waals surface area contributed by atoms with Gasteiger partial charge in [0.2, 0.25) is 0 Å². The molecule has 1 saturated carbocycles. The number of hydrogen-bond donors (Lipinski definition) is 2. The number of hydrogen-bond acceptors (Lipinski definition) is 5. The van der Waals surface area contributed by atoms with E-state index in [1.54, 1.807) is 0 Å². The van der Waals surface area contributed by atoms with Crippen LogP contribution < -0.4 is 11.3 Å². The molecule has 1 fully saturated rings. The van der Waals surface area contributed by atoms with Gasteiger partial charge in [-0.15, -0.1) is 0 Å². The summed E-state index contributed by atoms with van der Waals surface area (Å²) in [5.41, 5.74) is 5.27. The Kier molecular flexibility index (Phi) is 4.78. The van der Waals surface area contributed by atoms with Gasteiger partial charge in [-0.3, -0.25) is 0 Å².